The Bertz CT molecular complexity index is 375. The Morgan fingerprint density at radius 1 is 1.44 bits per heavy atom. The second-order valence-electron chi connectivity index (χ2n) is 4.70. The van der Waals surface area contributed by atoms with Crippen molar-refractivity contribution >= 4 is 5.78 Å². The van der Waals surface area contributed by atoms with Gasteiger partial charge in [0.1, 0.15) is 5.69 Å². The van der Waals surface area contributed by atoms with Gasteiger partial charge < -0.3 is 0 Å². The molecule has 3 heteroatoms. The smallest absolute Gasteiger partial charge is 0.183 e. The van der Waals surface area contributed by atoms with Gasteiger partial charge in [-0.25, -0.2) is 0 Å². The Hall–Kier alpha value is -1.12. The fourth-order valence-electron chi connectivity index (χ4n) is 2.50. The van der Waals surface area contributed by atoms with Crippen molar-refractivity contribution in [3.8, 4) is 0 Å². The van der Waals surface area contributed by atoms with Crippen molar-refractivity contribution in [1.82, 2.24) is 9.78 Å². The Kier molecular flexibility index (Phi) is 3.42. The van der Waals surface area contributed by atoms with E-state index in [1.807, 2.05) is 13.1 Å². The van der Waals surface area contributed by atoms with Crippen LogP contribution in [0.5, 0.6) is 0 Å². The van der Waals surface area contributed by atoms with E-state index in [-0.39, 0.29) is 5.92 Å². The molecule has 3 nitrogen and oxygen atoms in total. The van der Waals surface area contributed by atoms with E-state index < -0.39 is 0 Å². The van der Waals surface area contributed by atoms with Crippen LogP contribution in [-0.4, -0.2) is 15.6 Å². The number of ketones is 1. The largest absolute Gasteiger partial charge is 0.292 e. The molecule has 0 aromatic carbocycles. The lowest BCUT2D eigenvalue weighted by Crippen LogP contribution is -2.20. The molecule has 88 valence electrons. The molecule has 16 heavy (non-hydrogen) atoms. The molecular weight excluding hydrogens is 200 g/mol. The van der Waals surface area contributed by atoms with Crippen LogP contribution in [0.3, 0.4) is 0 Å². The van der Waals surface area contributed by atoms with Crippen molar-refractivity contribution < 1.29 is 4.79 Å². The topological polar surface area (TPSA) is 34.9 Å². The van der Waals surface area contributed by atoms with Gasteiger partial charge in [0.2, 0.25) is 0 Å². The molecule has 1 fully saturated rings. The van der Waals surface area contributed by atoms with Gasteiger partial charge in [0.15, 0.2) is 5.78 Å². The summed E-state index contributed by atoms with van der Waals surface area (Å²) in [5.41, 5.74) is 1.81. The predicted octanol–water partition coefficient (Wildman–Crippen LogP) is 2.75. The van der Waals surface area contributed by atoms with Crippen molar-refractivity contribution in [2.24, 2.45) is 13.0 Å². The summed E-state index contributed by atoms with van der Waals surface area (Å²) in [5.74, 6) is 0.545. The van der Waals surface area contributed by atoms with Crippen LogP contribution in [0.25, 0.3) is 0 Å². The van der Waals surface area contributed by atoms with Crippen molar-refractivity contribution in [2.45, 2.75) is 45.4 Å². The van der Waals surface area contributed by atoms with Gasteiger partial charge >= 0.3 is 0 Å². The number of hydrogen-bond donors (Lipinski definition) is 0. The normalized spacial score (nSPS) is 17.6. The quantitative estimate of drug-likeness (QED) is 0.734. The molecule has 0 atom stereocenters. The van der Waals surface area contributed by atoms with Crippen LogP contribution in [-0.2, 0) is 13.5 Å². The second kappa shape index (κ2) is 4.81. The van der Waals surface area contributed by atoms with E-state index >= 15 is 0 Å². The van der Waals surface area contributed by atoms with Crippen LogP contribution in [0.4, 0.5) is 0 Å². The highest BCUT2D eigenvalue weighted by Crippen LogP contribution is 2.26. The summed E-state index contributed by atoms with van der Waals surface area (Å²) in [4.78, 5) is 12.3. The molecule has 0 bridgehead atoms. The zero-order valence-electron chi connectivity index (χ0n) is 10.2. The highest BCUT2D eigenvalue weighted by atomic mass is 16.1. The molecule has 0 amide bonds. The summed E-state index contributed by atoms with van der Waals surface area (Å²) < 4.78 is 1.75. The number of aromatic nitrogens is 2. The highest BCUT2D eigenvalue weighted by molar-refractivity contribution is 5.96. The first kappa shape index (κ1) is 11.4. The first-order valence-electron chi connectivity index (χ1n) is 6.29. The van der Waals surface area contributed by atoms with Gasteiger partial charge in [0.25, 0.3) is 0 Å². The standard InChI is InChI=1S/C13H20N2O/c1-3-11-9-12(15(2)14-11)13(16)10-7-5-4-6-8-10/h9-10H,3-8H2,1-2H3. The summed E-state index contributed by atoms with van der Waals surface area (Å²) in [7, 11) is 1.87. The van der Waals surface area contributed by atoms with E-state index in [2.05, 4.69) is 12.0 Å². The molecule has 1 heterocycles. The summed E-state index contributed by atoms with van der Waals surface area (Å²) >= 11 is 0. The highest BCUT2D eigenvalue weighted by Gasteiger charge is 2.24. The maximum atomic E-state index is 12.3. The zero-order valence-corrected chi connectivity index (χ0v) is 10.2. The Balaban J connectivity index is 2.15. The van der Waals surface area contributed by atoms with Crippen molar-refractivity contribution in [3.63, 3.8) is 0 Å². The Labute approximate surface area is 96.8 Å². The number of aryl methyl sites for hydroxylation is 2. The second-order valence-corrected chi connectivity index (χ2v) is 4.70. The van der Waals surface area contributed by atoms with Gasteiger partial charge in [0.05, 0.1) is 5.69 Å². The van der Waals surface area contributed by atoms with Gasteiger partial charge in [-0.15, -0.1) is 0 Å². The molecule has 1 aromatic heterocycles. The molecule has 0 unspecified atom stereocenters. The molecule has 0 radical (unpaired) electrons. The minimum absolute atomic E-state index is 0.244. The average molecular weight is 220 g/mol. The van der Waals surface area contributed by atoms with Gasteiger partial charge in [-0.05, 0) is 25.3 Å². The summed E-state index contributed by atoms with van der Waals surface area (Å²) in [5, 5.41) is 4.34. The van der Waals surface area contributed by atoms with E-state index in [1.54, 1.807) is 4.68 Å². The van der Waals surface area contributed by atoms with Gasteiger partial charge in [0, 0.05) is 13.0 Å². The average Bonchev–Trinajstić information content (AvgIpc) is 2.71. The molecule has 0 aliphatic heterocycles. The molecule has 0 N–H and O–H groups in total. The van der Waals surface area contributed by atoms with Gasteiger partial charge in [-0.2, -0.15) is 5.10 Å². The maximum Gasteiger partial charge on any atom is 0.183 e. The SMILES string of the molecule is CCc1cc(C(=O)C2CCCCC2)n(C)n1. The first-order chi connectivity index (χ1) is 7.72. The third-order valence-corrected chi connectivity index (χ3v) is 3.52. The lowest BCUT2D eigenvalue weighted by atomic mass is 9.85. The van der Waals surface area contributed by atoms with E-state index in [0.29, 0.717) is 5.78 Å². The van der Waals surface area contributed by atoms with Crippen molar-refractivity contribution in [1.29, 1.82) is 0 Å². The third-order valence-electron chi connectivity index (χ3n) is 3.52. The molecule has 0 spiro atoms. The fraction of sp³-hybridized carbons (Fsp3) is 0.692. The van der Waals surface area contributed by atoms with Crippen LogP contribution in [0.15, 0.2) is 6.07 Å². The summed E-state index contributed by atoms with van der Waals surface area (Å²) in [6.07, 6.45) is 6.71. The zero-order chi connectivity index (χ0) is 11.5. The number of rotatable bonds is 3. The lowest BCUT2D eigenvalue weighted by molar-refractivity contribution is 0.0879. The van der Waals surface area contributed by atoms with E-state index in [0.717, 1.165) is 30.7 Å². The third kappa shape index (κ3) is 2.18. The molecule has 1 aromatic rings. The monoisotopic (exact) mass is 220 g/mol. The first-order valence-corrected chi connectivity index (χ1v) is 6.29. The van der Waals surface area contributed by atoms with Crippen LogP contribution in [0.1, 0.15) is 55.2 Å². The summed E-state index contributed by atoms with van der Waals surface area (Å²) in [6.45, 7) is 2.07. The molecule has 1 saturated carbocycles. The minimum atomic E-state index is 0.244. The fourth-order valence-corrected chi connectivity index (χ4v) is 2.50. The van der Waals surface area contributed by atoms with E-state index in [1.165, 1.54) is 19.3 Å². The molecule has 1 aliphatic rings. The summed E-state index contributed by atoms with van der Waals surface area (Å²) in [6, 6.07) is 1.96. The van der Waals surface area contributed by atoms with Crippen molar-refractivity contribution in [3.05, 3.63) is 17.5 Å². The van der Waals surface area contributed by atoms with Gasteiger partial charge in [-0.3, -0.25) is 9.48 Å². The number of Topliss-reactive ketones (excluding diaryl/α,β-unsaturated/α-hetero) is 1. The molecule has 0 saturated heterocycles. The lowest BCUT2D eigenvalue weighted by Gasteiger charge is -2.19. The Morgan fingerprint density at radius 2 is 2.12 bits per heavy atom. The van der Waals surface area contributed by atoms with E-state index in [9.17, 15) is 4.79 Å². The number of nitrogens with zero attached hydrogens (tertiary/aromatic N) is 2. The van der Waals surface area contributed by atoms with E-state index in [4.69, 9.17) is 0 Å². The van der Waals surface area contributed by atoms with Crippen LogP contribution < -0.4 is 0 Å². The minimum Gasteiger partial charge on any atom is -0.292 e. The molecule has 2 rings (SSSR count). The van der Waals surface area contributed by atoms with Crippen LogP contribution >= 0.6 is 0 Å². The molecule has 1 aliphatic carbocycles. The number of hydrogen-bond acceptors (Lipinski definition) is 2. The number of carbonyl (C=O) groups excluding carboxylic acids is 1. The maximum absolute atomic E-state index is 12.3. The number of carbonyl (C=O) groups is 1. The molecular formula is C13H20N2O. The van der Waals surface area contributed by atoms with Gasteiger partial charge in [-0.1, -0.05) is 26.2 Å². The van der Waals surface area contributed by atoms with Crippen LogP contribution in [0.2, 0.25) is 0 Å². The van der Waals surface area contributed by atoms with Crippen molar-refractivity contribution in [2.75, 3.05) is 0 Å². The predicted molar refractivity (Wildman–Crippen MR) is 63.5 cm³/mol. The van der Waals surface area contributed by atoms with Crippen LogP contribution in [0, 0.1) is 5.92 Å². The Morgan fingerprint density at radius 3 is 2.69 bits per heavy atom.